The number of carbonyl (C=O) groups excluding carboxylic acids is 1. The number of carbonyl (C=O) groups is 1. The molecule has 1 aliphatic heterocycles. The number of rotatable bonds is 3. The van der Waals surface area contributed by atoms with Gasteiger partial charge in [0.25, 0.3) is 5.91 Å². The summed E-state index contributed by atoms with van der Waals surface area (Å²) in [5.74, 6) is -0.0972. The standard InChI is InChI=1S/C15H17N3O2/c19-14-7-9-18(15(20)12-6-8-16-17-12)13(14)10-11-4-2-1-3-5-11/h1-6,8,13-14,19H,7,9-10H2,(H,16,17)/t13-,14-/m0/s1. The smallest absolute Gasteiger partial charge is 0.272 e. The van der Waals surface area contributed by atoms with E-state index in [9.17, 15) is 9.90 Å². The van der Waals surface area contributed by atoms with E-state index in [0.29, 0.717) is 25.1 Å². The molecular formula is C15H17N3O2. The molecule has 1 amide bonds. The molecule has 1 fully saturated rings. The van der Waals surface area contributed by atoms with Gasteiger partial charge in [-0.25, -0.2) is 0 Å². The van der Waals surface area contributed by atoms with Gasteiger partial charge in [0.2, 0.25) is 0 Å². The average molecular weight is 271 g/mol. The third-order valence-corrected chi connectivity index (χ3v) is 3.79. The highest BCUT2D eigenvalue weighted by molar-refractivity contribution is 5.92. The molecule has 2 aromatic rings. The van der Waals surface area contributed by atoms with Gasteiger partial charge in [-0.15, -0.1) is 0 Å². The molecule has 3 rings (SSSR count). The zero-order chi connectivity index (χ0) is 13.9. The molecule has 20 heavy (non-hydrogen) atoms. The number of aromatic amines is 1. The van der Waals surface area contributed by atoms with Crippen LogP contribution >= 0.6 is 0 Å². The lowest BCUT2D eigenvalue weighted by Crippen LogP contribution is -2.41. The molecule has 2 atom stereocenters. The van der Waals surface area contributed by atoms with E-state index >= 15 is 0 Å². The van der Waals surface area contributed by atoms with E-state index in [-0.39, 0.29) is 11.9 Å². The van der Waals surface area contributed by atoms with Crippen LogP contribution in [0.4, 0.5) is 0 Å². The molecule has 0 aliphatic carbocycles. The van der Waals surface area contributed by atoms with Gasteiger partial charge in [0, 0.05) is 12.7 Å². The van der Waals surface area contributed by atoms with Gasteiger partial charge in [0.1, 0.15) is 5.69 Å². The molecular weight excluding hydrogens is 254 g/mol. The summed E-state index contributed by atoms with van der Waals surface area (Å²) in [6.07, 6.45) is 2.38. The fourth-order valence-electron chi connectivity index (χ4n) is 2.72. The van der Waals surface area contributed by atoms with Crippen LogP contribution in [0.15, 0.2) is 42.6 Å². The number of nitrogens with zero attached hydrogens (tertiary/aromatic N) is 2. The molecule has 1 saturated heterocycles. The maximum atomic E-state index is 12.4. The number of benzene rings is 1. The van der Waals surface area contributed by atoms with Gasteiger partial charge in [-0.1, -0.05) is 30.3 Å². The fourth-order valence-corrected chi connectivity index (χ4v) is 2.72. The molecule has 2 N–H and O–H groups in total. The van der Waals surface area contributed by atoms with Gasteiger partial charge < -0.3 is 10.0 Å². The van der Waals surface area contributed by atoms with Crippen LogP contribution in [0, 0.1) is 0 Å². The molecule has 0 unspecified atom stereocenters. The Labute approximate surface area is 117 Å². The second-order valence-electron chi connectivity index (χ2n) is 5.08. The Morgan fingerprint density at radius 1 is 1.35 bits per heavy atom. The fraction of sp³-hybridized carbons (Fsp3) is 0.333. The monoisotopic (exact) mass is 271 g/mol. The van der Waals surface area contributed by atoms with Crippen molar-refractivity contribution in [1.82, 2.24) is 15.1 Å². The van der Waals surface area contributed by atoms with E-state index in [2.05, 4.69) is 10.2 Å². The van der Waals surface area contributed by atoms with Crippen molar-refractivity contribution >= 4 is 5.91 Å². The van der Waals surface area contributed by atoms with Gasteiger partial charge in [0.05, 0.1) is 12.1 Å². The van der Waals surface area contributed by atoms with E-state index in [1.807, 2.05) is 30.3 Å². The van der Waals surface area contributed by atoms with Crippen molar-refractivity contribution in [3.05, 3.63) is 53.9 Å². The highest BCUT2D eigenvalue weighted by Crippen LogP contribution is 2.23. The summed E-state index contributed by atoms with van der Waals surface area (Å²) in [5, 5.41) is 16.6. The number of hydrogen-bond acceptors (Lipinski definition) is 3. The Morgan fingerprint density at radius 2 is 2.15 bits per heavy atom. The Balaban J connectivity index is 1.78. The topological polar surface area (TPSA) is 69.2 Å². The maximum absolute atomic E-state index is 12.4. The minimum absolute atomic E-state index is 0.0972. The van der Waals surface area contributed by atoms with Gasteiger partial charge in [-0.05, 0) is 24.5 Å². The van der Waals surface area contributed by atoms with Crippen molar-refractivity contribution in [2.45, 2.75) is 25.0 Å². The van der Waals surface area contributed by atoms with Crippen LogP contribution in [-0.4, -0.2) is 44.8 Å². The van der Waals surface area contributed by atoms with Crippen LogP contribution in [0.1, 0.15) is 22.5 Å². The van der Waals surface area contributed by atoms with Crippen LogP contribution in [0.3, 0.4) is 0 Å². The minimum atomic E-state index is -0.470. The van der Waals surface area contributed by atoms with Gasteiger partial charge in [-0.2, -0.15) is 5.10 Å². The zero-order valence-electron chi connectivity index (χ0n) is 11.1. The Hall–Kier alpha value is -2.14. The number of H-pyrrole nitrogens is 1. The second-order valence-corrected chi connectivity index (χ2v) is 5.08. The van der Waals surface area contributed by atoms with Gasteiger partial charge in [-0.3, -0.25) is 9.89 Å². The second kappa shape index (κ2) is 5.46. The van der Waals surface area contributed by atoms with E-state index in [0.717, 1.165) is 5.56 Å². The summed E-state index contributed by atoms with van der Waals surface area (Å²) in [4.78, 5) is 14.1. The summed E-state index contributed by atoms with van der Waals surface area (Å²) in [6.45, 7) is 0.580. The summed E-state index contributed by atoms with van der Waals surface area (Å²) >= 11 is 0. The summed E-state index contributed by atoms with van der Waals surface area (Å²) in [7, 11) is 0. The predicted molar refractivity (Wildman–Crippen MR) is 74.2 cm³/mol. The quantitative estimate of drug-likeness (QED) is 0.882. The molecule has 0 radical (unpaired) electrons. The number of likely N-dealkylation sites (tertiary alicyclic amines) is 1. The van der Waals surface area contributed by atoms with Gasteiger partial charge in [0.15, 0.2) is 0 Å². The number of aliphatic hydroxyl groups is 1. The van der Waals surface area contributed by atoms with Crippen molar-refractivity contribution in [3.8, 4) is 0 Å². The first-order valence-corrected chi connectivity index (χ1v) is 6.78. The largest absolute Gasteiger partial charge is 0.391 e. The predicted octanol–water partition coefficient (Wildman–Crippen LogP) is 1.23. The normalized spacial score (nSPS) is 22.1. The lowest BCUT2D eigenvalue weighted by atomic mass is 10.0. The molecule has 5 nitrogen and oxygen atoms in total. The van der Waals surface area contributed by atoms with E-state index in [1.54, 1.807) is 17.2 Å². The molecule has 1 aromatic carbocycles. The van der Waals surface area contributed by atoms with E-state index < -0.39 is 6.10 Å². The number of aromatic nitrogens is 2. The molecule has 1 aromatic heterocycles. The molecule has 0 saturated carbocycles. The lowest BCUT2D eigenvalue weighted by Gasteiger charge is -2.26. The number of aliphatic hydroxyl groups excluding tert-OH is 1. The molecule has 5 heteroatoms. The molecule has 104 valence electrons. The minimum Gasteiger partial charge on any atom is -0.391 e. The molecule has 0 bridgehead atoms. The van der Waals surface area contributed by atoms with Crippen molar-refractivity contribution < 1.29 is 9.90 Å². The SMILES string of the molecule is O=C(c1ccn[nH]1)N1CC[C@H](O)[C@@H]1Cc1ccccc1. The summed E-state index contributed by atoms with van der Waals surface area (Å²) < 4.78 is 0. The highest BCUT2D eigenvalue weighted by Gasteiger charge is 2.36. The first-order chi connectivity index (χ1) is 9.75. The summed E-state index contributed by atoms with van der Waals surface area (Å²) in [6, 6.07) is 11.4. The number of nitrogens with one attached hydrogen (secondary N) is 1. The third-order valence-electron chi connectivity index (χ3n) is 3.79. The van der Waals surface area contributed by atoms with Crippen molar-refractivity contribution in [2.75, 3.05) is 6.54 Å². The zero-order valence-corrected chi connectivity index (χ0v) is 11.1. The molecule has 0 spiro atoms. The van der Waals surface area contributed by atoms with Crippen LogP contribution in [-0.2, 0) is 6.42 Å². The Morgan fingerprint density at radius 3 is 2.85 bits per heavy atom. The van der Waals surface area contributed by atoms with Crippen molar-refractivity contribution in [3.63, 3.8) is 0 Å². The van der Waals surface area contributed by atoms with Gasteiger partial charge >= 0.3 is 0 Å². The first kappa shape index (κ1) is 12.9. The van der Waals surface area contributed by atoms with E-state index in [1.165, 1.54) is 0 Å². The molecule has 1 aliphatic rings. The molecule has 2 heterocycles. The highest BCUT2D eigenvalue weighted by atomic mass is 16.3. The number of hydrogen-bond donors (Lipinski definition) is 2. The van der Waals surface area contributed by atoms with Crippen LogP contribution in [0.25, 0.3) is 0 Å². The Kier molecular flexibility index (Phi) is 3.52. The third kappa shape index (κ3) is 2.44. The van der Waals surface area contributed by atoms with Crippen molar-refractivity contribution in [1.29, 1.82) is 0 Å². The van der Waals surface area contributed by atoms with Crippen LogP contribution in [0.2, 0.25) is 0 Å². The maximum Gasteiger partial charge on any atom is 0.272 e. The van der Waals surface area contributed by atoms with Crippen LogP contribution < -0.4 is 0 Å². The summed E-state index contributed by atoms with van der Waals surface area (Å²) in [5.41, 5.74) is 1.60. The first-order valence-electron chi connectivity index (χ1n) is 6.78. The van der Waals surface area contributed by atoms with Crippen LogP contribution in [0.5, 0.6) is 0 Å². The Bertz CT molecular complexity index is 568. The lowest BCUT2D eigenvalue weighted by molar-refractivity contribution is 0.0634. The van der Waals surface area contributed by atoms with E-state index in [4.69, 9.17) is 0 Å². The number of amides is 1. The van der Waals surface area contributed by atoms with Crippen molar-refractivity contribution in [2.24, 2.45) is 0 Å². The average Bonchev–Trinajstić information content (AvgIpc) is 3.11.